The maximum Gasteiger partial charge on any atom is 0.119 e. The summed E-state index contributed by atoms with van der Waals surface area (Å²) in [6.45, 7) is 2.01. The molecule has 3 rings (SSSR count). The number of aromatic nitrogens is 1. The van der Waals surface area contributed by atoms with Gasteiger partial charge in [0, 0.05) is 27.4 Å². The van der Waals surface area contributed by atoms with Gasteiger partial charge >= 0.3 is 0 Å². The fourth-order valence-electron chi connectivity index (χ4n) is 2.42. The zero-order chi connectivity index (χ0) is 15.5. The van der Waals surface area contributed by atoms with E-state index in [1.165, 1.54) is 4.90 Å². The lowest BCUT2D eigenvalue weighted by atomic mass is 10.1. The Hall–Kier alpha value is -2.20. The van der Waals surface area contributed by atoms with Crippen molar-refractivity contribution in [1.82, 2.24) is 4.98 Å². The Balaban J connectivity index is 2.08. The Morgan fingerprint density at radius 3 is 2.73 bits per heavy atom. The van der Waals surface area contributed by atoms with Crippen LogP contribution in [-0.2, 0) is 0 Å². The van der Waals surface area contributed by atoms with Crippen LogP contribution in [0, 0.1) is 6.92 Å². The number of benzene rings is 2. The number of thioether (sulfide) groups is 1. The van der Waals surface area contributed by atoms with Crippen molar-refractivity contribution in [1.29, 1.82) is 0 Å². The molecule has 2 aromatic carbocycles. The molecule has 0 atom stereocenters. The van der Waals surface area contributed by atoms with E-state index in [4.69, 9.17) is 4.74 Å². The highest BCUT2D eigenvalue weighted by atomic mass is 32.2. The van der Waals surface area contributed by atoms with Crippen molar-refractivity contribution in [3.8, 4) is 5.75 Å². The maximum atomic E-state index is 5.34. The van der Waals surface area contributed by atoms with E-state index in [2.05, 4.69) is 46.9 Å². The van der Waals surface area contributed by atoms with Crippen molar-refractivity contribution in [3.63, 3.8) is 0 Å². The lowest BCUT2D eigenvalue weighted by molar-refractivity contribution is 0.415. The normalized spacial score (nSPS) is 10.7. The van der Waals surface area contributed by atoms with Crippen LogP contribution in [0.5, 0.6) is 5.75 Å². The molecule has 0 spiro atoms. The fraction of sp³-hybridized carbons (Fsp3) is 0.167. The smallest absolute Gasteiger partial charge is 0.119 e. The largest absolute Gasteiger partial charge is 0.497 e. The highest BCUT2D eigenvalue weighted by molar-refractivity contribution is 7.98. The van der Waals surface area contributed by atoms with Crippen molar-refractivity contribution in [3.05, 3.63) is 54.2 Å². The average Bonchev–Trinajstić information content (AvgIpc) is 2.54. The van der Waals surface area contributed by atoms with Crippen LogP contribution in [0.25, 0.3) is 10.9 Å². The molecule has 0 aliphatic rings. The van der Waals surface area contributed by atoms with Crippen molar-refractivity contribution in [2.45, 2.75) is 11.8 Å². The number of anilines is 2. The van der Waals surface area contributed by atoms with Gasteiger partial charge in [-0.25, -0.2) is 0 Å². The summed E-state index contributed by atoms with van der Waals surface area (Å²) < 4.78 is 5.34. The van der Waals surface area contributed by atoms with E-state index in [1.807, 2.05) is 25.1 Å². The Morgan fingerprint density at radius 2 is 1.95 bits per heavy atom. The maximum absolute atomic E-state index is 5.34. The van der Waals surface area contributed by atoms with Crippen molar-refractivity contribution < 1.29 is 4.74 Å². The van der Waals surface area contributed by atoms with Gasteiger partial charge in [0.05, 0.1) is 12.6 Å². The molecule has 3 aromatic rings. The minimum Gasteiger partial charge on any atom is -0.497 e. The second-order valence-corrected chi connectivity index (χ2v) is 5.93. The molecule has 0 fully saturated rings. The molecule has 4 heteroatoms. The monoisotopic (exact) mass is 310 g/mol. The number of aryl methyl sites for hydroxylation is 1. The number of pyridine rings is 1. The van der Waals surface area contributed by atoms with Crippen LogP contribution in [0.4, 0.5) is 11.4 Å². The van der Waals surface area contributed by atoms with Gasteiger partial charge in [0.2, 0.25) is 0 Å². The Bertz CT molecular complexity index is 817. The van der Waals surface area contributed by atoms with Crippen molar-refractivity contribution >= 4 is 34.0 Å². The summed E-state index contributed by atoms with van der Waals surface area (Å²) in [4.78, 5) is 5.82. The Labute approximate surface area is 134 Å². The lowest BCUT2D eigenvalue weighted by Crippen LogP contribution is -1.95. The predicted octanol–water partition coefficient (Wildman–Crippen LogP) is 5.02. The number of hydrogen-bond donors (Lipinski definition) is 1. The second kappa shape index (κ2) is 6.28. The predicted molar refractivity (Wildman–Crippen MR) is 94.5 cm³/mol. The molecule has 1 N–H and O–H groups in total. The summed E-state index contributed by atoms with van der Waals surface area (Å²) in [5.41, 5.74) is 4.06. The van der Waals surface area contributed by atoms with Crippen LogP contribution in [0.3, 0.4) is 0 Å². The van der Waals surface area contributed by atoms with E-state index >= 15 is 0 Å². The van der Waals surface area contributed by atoms with E-state index in [0.29, 0.717) is 0 Å². The molecule has 1 heterocycles. The third kappa shape index (κ3) is 3.02. The van der Waals surface area contributed by atoms with Crippen LogP contribution >= 0.6 is 11.8 Å². The Morgan fingerprint density at radius 1 is 1.09 bits per heavy atom. The van der Waals surface area contributed by atoms with Gasteiger partial charge in [0.15, 0.2) is 0 Å². The first-order valence-electron chi connectivity index (χ1n) is 7.06. The highest BCUT2D eigenvalue weighted by Crippen LogP contribution is 2.30. The van der Waals surface area contributed by atoms with E-state index in [-0.39, 0.29) is 0 Å². The quantitative estimate of drug-likeness (QED) is 0.686. The van der Waals surface area contributed by atoms with E-state index in [0.717, 1.165) is 33.7 Å². The summed E-state index contributed by atoms with van der Waals surface area (Å²) in [6, 6.07) is 16.4. The molecule has 0 unspecified atom stereocenters. The number of rotatable bonds is 4. The second-order valence-electron chi connectivity index (χ2n) is 5.05. The van der Waals surface area contributed by atoms with Gasteiger partial charge in [-0.1, -0.05) is 6.07 Å². The van der Waals surface area contributed by atoms with Crippen LogP contribution in [0.1, 0.15) is 5.69 Å². The molecule has 0 aliphatic heterocycles. The van der Waals surface area contributed by atoms with Crippen molar-refractivity contribution in [2.24, 2.45) is 0 Å². The van der Waals surface area contributed by atoms with Crippen LogP contribution < -0.4 is 10.1 Å². The number of ether oxygens (including phenoxy) is 1. The van der Waals surface area contributed by atoms with Crippen molar-refractivity contribution in [2.75, 3.05) is 18.7 Å². The zero-order valence-corrected chi connectivity index (χ0v) is 13.7. The highest BCUT2D eigenvalue weighted by Gasteiger charge is 2.06. The van der Waals surface area contributed by atoms with Gasteiger partial charge in [0.1, 0.15) is 5.75 Å². The standard InChI is InChI=1S/C18H18N2OS/c1-12-9-18(20-13-5-4-6-15(10-13)22-3)16-11-14(21-2)7-8-17(16)19-12/h4-11H,1-3H3,(H,19,20). The minimum atomic E-state index is 0.832. The van der Waals surface area contributed by atoms with Gasteiger partial charge in [-0.15, -0.1) is 11.8 Å². The summed E-state index contributed by atoms with van der Waals surface area (Å²) in [5.74, 6) is 0.832. The number of methoxy groups -OCH3 is 1. The third-order valence-electron chi connectivity index (χ3n) is 3.49. The van der Waals surface area contributed by atoms with E-state index in [1.54, 1.807) is 18.9 Å². The topological polar surface area (TPSA) is 34.1 Å². The Kier molecular flexibility index (Phi) is 4.20. The average molecular weight is 310 g/mol. The van der Waals surface area contributed by atoms with Gasteiger partial charge < -0.3 is 10.1 Å². The molecule has 112 valence electrons. The SMILES string of the molecule is COc1ccc2nc(C)cc(Nc3cccc(SC)c3)c2c1. The molecule has 0 saturated carbocycles. The summed E-state index contributed by atoms with van der Waals surface area (Å²) >= 11 is 1.73. The molecular weight excluding hydrogens is 292 g/mol. The first-order valence-corrected chi connectivity index (χ1v) is 8.28. The number of fused-ring (bicyclic) bond motifs is 1. The van der Waals surface area contributed by atoms with Gasteiger partial charge in [0.25, 0.3) is 0 Å². The zero-order valence-electron chi connectivity index (χ0n) is 12.9. The first-order chi connectivity index (χ1) is 10.7. The fourth-order valence-corrected chi connectivity index (χ4v) is 2.88. The van der Waals surface area contributed by atoms with Crippen LogP contribution in [-0.4, -0.2) is 18.3 Å². The van der Waals surface area contributed by atoms with Gasteiger partial charge in [-0.2, -0.15) is 0 Å². The molecule has 0 bridgehead atoms. The van der Waals surface area contributed by atoms with Gasteiger partial charge in [-0.05, 0) is 55.6 Å². The number of hydrogen-bond acceptors (Lipinski definition) is 4. The molecule has 3 nitrogen and oxygen atoms in total. The number of nitrogens with one attached hydrogen (secondary N) is 1. The van der Waals surface area contributed by atoms with E-state index < -0.39 is 0 Å². The molecule has 1 aromatic heterocycles. The molecule has 0 radical (unpaired) electrons. The van der Waals surface area contributed by atoms with E-state index in [9.17, 15) is 0 Å². The first kappa shape index (κ1) is 14.7. The lowest BCUT2D eigenvalue weighted by Gasteiger charge is -2.12. The molecule has 0 saturated heterocycles. The summed E-state index contributed by atoms with van der Waals surface area (Å²) in [7, 11) is 1.68. The molecule has 0 aliphatic carbocycles. The minimum absolute atomic E-state index is 0.832. The van der Waals surface area contributed by atoms with Crippen LogP contribution in [0.2, 0.25) is 0 Å². The third-order valence-corrected chi connectivity index (χ3v) is 4.22. The van der Waals surface area contributed by atoms with Gasteiger partial charge in [-0.3, -0.25) is 4.98 Å². The van der Waals surface area contributed by atoms with Crippen LogP contribution in [0.15, 0.2) is 53.4 Å². The summed E-state index contributed by atoms with van der Waals surface area (Å²) in [5, 5.41) is 4.56. The molecule has 22 heavy (non-hydrogen) atoms. The number of nitrogens with zero attached hydrogens (tertiary/aromatic N) is 1. The molecule has 0 amide bonds. The molecular formula is C18H18N2OS. The summed E-state index contributed by atoms with van der Waals surface area (Å²) in [6.07, 6.45) is 2.08.